The Morgan fingerprint density at radius 2 is 1.61 bits per heavy atom. The number of nitrogens with one attached hydrogen (secondary N) is 1. The first-order valence-corrected chi connectivity index (χ1v) is 8.51. The van der Waals surface area contributed by atoms with Crippen LogP contribution in [0.4, 0.5) is 0 Å². The van der Waals surface area contributed by atoms with Crippen LogP contribution in [0.5, 0.6) is 5.75 Å². The summed E-state index contributed by atoms with van der Waals surface area (Å²) in [6.45, 7) is 2.12. The Balaban J connectivity index is 1.55. The van der Waals surface area contributed by atoms with Crippen molar-refractivity contribution in [2.45, 2.75) is 13.0 Å². The van der Waals surface area contributed by atoms with Gasteiger partial charge in [0.2, 0.25) is 0 Å². The summed E-state index contributed by atoms with van der Waals surface area (Å²) in [7, 11) is 0. The molecule has 4 aromatic rings. The van der Waals surface area contributed by atoms with E-state index >= 15 is 0 Å². The van der Waals surface area contributed by atoms with Gasteiger partial charge in [-0.3, -0.25) is 0 Å². The first kappa shape index (κ1) is 14.2. The third-order valence-corrected chi connectivity index (χ3v) is 5.27. The van der Waals surface area contributed by atoms with Gasteiger partial charge in [-0.25, -0.2) is 0 Å². The smallest absolute Gasteiger partial charge is 0.154 e. The normalized spacial score (nSPS) is 12.6. The predicted molar refractivity (Wildman–Crippen MR) is 98.0 cm³/mol. The summed E-state index contributed by atoms with van der Waals surface area (Å²) in [4.78, 5) is 7.16. The molecule has 114 valence electrons. The second-order valence-electron chi connectivity index (χ2n) is 5.61. The summed E-state index contributed by atoms with van der Waals surface area (Å²) in [5, 5.41) is 3.58. The quantitative estimate of drug-likeness (QED) is 0.487. The molecule has 0 saturated carbocycles. The molecule has 4 rings (SSSR count). The molecule has 1 heterocycles. The zero-order valence-electron chi connectivity index (χ0n) is 12.8. The molecule has 1 unspecified atom stereocenters. The Morgan fingerprint density at radius 3 is 2.48 bits per heavy atom. The van der Waals surface area contributed by atoms with Gasteiger partial charge in [-0.1, -0.05) is 54.6 Å². The van der Waals surface area contributed by atoms with Gasteiger partial charge in [0.15, 0.2) is 5.75 Å². The number of thiophene rings is 1. The van der Waals surface area contributed by atoms with Crippen LogP contribution >= 0.6 is 11.3 Å². The van der Waals surface area contributed by atoms with Crippen molar-refractivity contribution in [2.75, 3.05) is 0 Å². The molecule has 0 aliphatic rings. The molecule has 1 N–H and O–H groups in total. The van der Waals surface area contributed by atoms with E-state index < -0.39 is 0 Å². The van der Waals surface area contributed by atoms with E-state index in [4.69, 9.17) is 4.84 Å². The number of rotatable bonds is 4. The van der Waals surface area contributed by atoms with Gasteiger partial charge in [0.05, 0.1) is 6.04 Å². The zero-order valence-corrected chi connectivity index (χ0v) is 13.6. The van der Waals surface area contributed by atoms with Crippen LogP contribution in [0.1, 0.15) is 17.8 Å². The van der Waals surface area contributed by atoms with E-state index in [0.29, 0.717) is 0 Å². The maximum atomic E-state index is 5.89. The Hall–Kier alpha value is -2.36. The number of hydroxylamine groups is 1. The van der Waals surface area contributed by atoms with E-state index in [1.807, 2.05) is 24.3 Å². The molecule has 2 nitrogen and oxygen atoms in total. The molecule has 0 aliphatic carbocycles. The molecule has 3 aromatic carbocycles. The molecule has 0 saturated heterocycles. The lowest BCUT2D eigenvalue weighted by Crippen LogP contribution is -2.21. The van der Waals surface area contributed by atoms with Crippen molar-refractivity contribution < 1.29 is 4.84 Å². The lowest BCUT2D eigenvalue weighted by molar-refractivity contribution is 0.166. The highest BCUT2D eigenvalue weighted by atomic mass is 32.1. The van der Waals surface area contributed by atoms with E-state index in [9.17, 15) is 0 Å². The maximum Gasteiger partial charge on any atom is 0.154 e. The highest BCUT2D eigenvalue weighted by Gasteiger charge is 2.11. The first-order chi connectivity index (χ1) is 11.3. The summed E-state index contributed by atoms with van der Waals surface area (Å²) in [5.41, 5.74) is 3.18. The van der Waals surface area contributed by atoms with Crippen molar-refractivity contribution in [1.82, 2.24) is 5.48 Å². The van der Waals surface area contributed by atoms with Crippen LogP contribution in [0.25, 0.3) is 20.9 Å². The number of benzene rings is 3. The third-order valence-electron chi connectivity index (χ3n) is 3.97. The van der Waals surface area contributed by atoms with Crippen molar-refractivity contribution in [3.05, 3.63) is 77.7 Å². The Labute approximate surface area is 139 Å². The van der Waals surface area contributed by atoms with Gasteiger partial charge in [-0.05, 0) is 35.9 Å². The van der Waals surface area contributed by atoms with Crippen LogP contribution in [-0.4, -0.2) is 0 Å². The summed E-state index contributed by atoms with van der Waals surface area (Å²) < 4.78 is 1.31. The van der Waals surface area contributed by atoms with E-state index in [0.717, 1.165) is 11.1 Å². The van der Waals surface area contributed by atoms with Crippen LogP contribution in [0.2, 0.25) is 0 Å². The van der Waals surface area contributed by atoms with Crippen LogP contribution in [-0.2, 0) is 0 Å². The van der Waals surface area contributed by atoms with Crippen molar-refractivity contribution in [3.8, 4) is 5.75 Å². The molecule has 0 aliphatic heterocycles. The van der Waals surface area contributed by atoms with Crippen molar-refractivity contribution in [1.29, 1.82) is 0 Å². The standard InChI is InChI=1S/C20H17NOS/c1-14(20-13-16-8-3-5-12-19(16)23-20)21-22-18-11-6-9-15-7-2-4-10-17(15)18/h2-14,21H,1H3. The monoisotopic (exact) mass is 319 g/mol. The molecule has 0 spiro atoms. The minimum absolute atomic E-state index is 0.131. The van der Waals surface area contributed by atoms with Gasteiger partial charge in [0.1, 0.15) is 0 Å². The van der Waals surface area contributed by atoms with E-state index in [1.54, 1.807) is 11.3 Å². The summed E-state index contributed by atoms with van der Waals surface area (Å²) in [6.07, 6.45) is 0. The number of hydrogen-bond donors (Lipinski definition) is 1. The molecule has 1 aromatic heterocycles. The van der Waals surface area contributed by atoms with Gasteiger partial charge in [-0.2, -0.15) is 0 Å². The fourth-order valence-electron chi connectivity index (χ4n) is 2.71. The van der Waals surface area contributed by atoms with Gasteiger partial charge >= 0.3 is 0 Å². The average molecular weight is 319 g/mol. The molecule has 1 atom stereocenters. The largest absolute Gasteiger partial charge is 0.407 e. The van der Waals surface area contributed by atoms with Crippen molar-refractivity contribution in [3.63, 3.8) is 0 Å². The van der Waals surface area contributed by atoms with E-state index in [-0.39, 0.29) is 6.04 Å². The lowest BCUT2D eigenvalue weighted by Gasteiger charge is -2.14. The molecule has 0 fully saturated rings. The molecule has 0 radical (unpaired) electrons. The molecule has 3 heteroatoms. The maximum absolute atomic E-state index is 5.89. The highest BCUT2D eigenvalue weighted by Crippen LogP contribution is 2.30. The van der Waals surface area contributed by atoms with E-state index in [1.165, 1.54) is 20.3 Å². The SMILES string of the molecule is CC(NOc1cccc2ccccc12)c1cc2ccccc2s1. The second kappa shape index (κ2) is 6.03. The van der Waals surface area contributed by atoms with Crippen LogP contribution in [0.3, 0.4) is 0 Å². The molecular formula is C20H17NOS. The van der Waals surface area contributed by atoms with Crippen molar-refractivity contribution >= 4 is 32.2 Å². The fraction of sp³-hybridized carbons (Fsp3) is 0.100. The second-order valence-corrected chi connectivity index (χ2v) is 6.72. The van der Waals surface area contributed by atoms with Crippen molar-refractivity contribution in [2.24, 2.45) is 0 Å². The number of fused-ring (bicyclic) bond motifs is 2. The van der Waals surface area contributed by atoms with Crippen LogP contribution in [0, 0.1) is 0 Å². The molecule has 0 amide bonds. The molecular weight excluding hydrogens is 302 g/mol. The Morgan fingerprint density at radius 1 is 0.870 bits per heavy atom. The Bertz CT molecular complexity index is 922. The summed E-state index contributed by atoms with van der Waals surface area (Å²) in [6, 6.07) is 25.2. The summed E-state index contributed by atoms with van der Waals surface area (Å²) >= 11 is 1.80. The van der Waals surface area contributed by atoms with Gasteiger partial charge in [0, 0.05) is 15.0 Å². The van der Waals surface area contributed by atoms with Gasteiger partial charge < -0.3 is 4.84 Å². The van der Waals surface area contributed by atoms with Gasteiger partial charge in [-0.15, -0.1) is 16.8 Å². The van der Waals surface area contributed by atoms with Crippen LogP contribution in [0.15, 0.2) is 72.8 Å². The van der Waals surface area contributed by atoms with E-state index in [2.05, 4.69) is 60.9 Å². The predicted octanol–water partition coefficient (Wildman–Crippen LogP) is 5.70. The third kappa shape index (κ3) is 2.81. The average Bonchev–Trinajstić information content (AvgIpc) is 3.04. The summed E-state index contributed by atoms with van der Waals surface area (Å²) in [5.74, 6) is 0.857. The van der Waals surface area contributed by atoms with Gasteiger partial charge in [0.25, 0.3) is 0 Å². The minimum Gasteiger partial charge on any atom is -0.407 e. The highest BCUT2D eigenvalue weighted by molar-refractivity contribution is 7.19. The number of hydrogen-bond acceptors (Lipinski definition) is 3. The topological polar surface area (TPSA) is 21.3 Å². The lowest BCUT2D eigenvalue weighted by atomic mass is 10.1. The zero-order chi connectivity index (χ0) is 15.6. The van der Waals surface area contributed by atoms with Crippen LogP contribution < -0.4 is 10.3 Å². The molecule has 23 heavy (non-hydrogen) atoms. The fourth-order valence-corrected chi connectivity index (χ4v) is 3.77. The first-order valence-electron chi connectivity index (χ1n) is 7.70. The Kier molecular flexibility index (Phi) is 3.74. The minimum atomic E-state index is 0.131. The molecule has 0 bridgehead atoms.